The van der Waals surface area contributed by atoms with Crippen molar-refractivity contribution in [2.45, 2.75) is 51.6 Å². The Balaban J connectivity index is 1.93. The van der Waals surface area contributed by atoms with E-state index in [4.69, 9.17) is 4.99 Å². The highest BCUT2D eigenvalue weighted by molar-refractivity contribution is 8.18. The van der Waals surface area contributed by atoms with Gasteiger partial charge >= 0.3 is 0 Å². The maximum absolute atomic E-state index is 11.5. The number of carbonyl (C=O) groups excluding carboxylic acids is 1. The van der Waals surface area contributed by atoms with Crippen LogP contribution in [0.3, 0.4) is 0 Å². The van der Waals surface area contributed by atoms with E-state index in [2.05, 4.69) is 11.8 Å². The minimum atomic E-state index is 0.173. The molecule has 0 saturated heterocycles. The van der Waals surface area contributed by atoms with Gasteiger partial charge in [0, 0.05) is 5.70 Å². The highest BCUT2D eigenvalue weighted by Gasteiger charge is 2.43. The van der Waals surface area contributed by atoms with Gasteiger partial charge < -0.3 is 4.90 Å². The summed E-state index contributed by atoms with van der Waals surface area (Å²) < 4.78 is 0. The summed E-state index contributed by atoms with van der Waals surface area (Å²) in [7, 11) is 0. The summed E-state index contributed by atoms with van der Waals surface area (Å²) in [6.07, 6.45) is 5.04. The Morgan fingerprint density at radius 1 is 1.44 bits per heavy atom. The largest absolute Gasteiger partial charge is 0.319 e. The lowest BCUT2D eigenvalue weighted by Crippen LogP contribution is -2.38. The molecule has 3 aliphatic rings. The molecular weight excluding hydrogens is 220 g/mol. The van der Waals surface area contributed by atoms with E-state index in [-0.39, 0.29) is 5.78 Å². The highest BCUT2D eigenvalue weighted by Crippen LogP contribution is 2.44. The topological polar surface area (TPSA) is 32.7 Å². The molecule has 3 nitrogen and oxygen atoms in total. The zero-order valence-electron chi connectivity index (χ0n) is 9.69. The first-order valence-electron chi connectivity index (χ1n) is 5.95. The fourth-order valence-corrected chi connectivity index (χ4v) is 4.09. The molecule has 0 radical (unpaired) electrons. The van der Waals surface area contributed by atoms with E-state index in [1.807, 2.05) is 0 Å². The van der Waals surface area contributed by atoms with Gasteiger partial charge in [-0.05, 0) is 38.5 Å². The Labute approximate surface area is 100.0 Å². The lowest BCUT2D eigenvalue weighted by Gasteiger charge is -2.31. The standard InChI is InChI=1S/C12H16N2OS/c1-7-11(8(2)15)16-12-13-9-5-3-4-6-10(9)14(7)12/h9-10H,3-6H2,1-2H3/t9-,10-/m0/s1. The zero-order chi connectivity index (χ0) is 11.3. The fourth-order valence-electron chi connectivity index (χ4n) is 2.96. The molecule has 16 heavy (non-hydrogen) atoms. The van der Waals surface area contributed by atoms with E-state index in [0.29, 0.717) is 12.1 Å². The van der Waals surface area contributed by atoms with Crippen molar-refractivity contribution in [2.24, 2.45) is 4.99 Å². The minimum absolute atomic E-state index is 0.173. The average molecular weight is 236 g/mol. The third kappa shape index (κ3) is 1.35. The quantitative estimate of drug-likeness (QED) is 0.701. The second kappa shape index (κ2) is 3.62. The van der Waals surface area contributed by atoms with E-state index in [9.17, 15) is 4.79 Å². The smallest absolute Gasteiger partial charge is 0.169 e. The lowest BCUT2D eigenvalue weighted by molar-refractivity contribution is -0.113. The predicted octanol–water partition coefficient (Wildman–Crippen LogP) is 2.54. The summed E-state index contributed by atoms with van der Waals surface area (Å²) in [5, 5.41) is 1.07. The van der Waals surface area contributed by atoms with Crippen LogP contribution in [0.15, 0.2) is 15.6 Å². The number of allylic oxidation sites excluding steroid dienone is 2. The number of fused-ring (bicyclic) bond motifs is 3. The molecule has 2 aliphatic heterocycles. The van der Waals surface area contributed by atoms with Crippen LogP contribution in [0.25, 0.3) is 0 Å². The molecule has 4 heteroatoms. The van der Waals surface area contributed by atoms with Gasteiger partial charge in [-0.25, -0.2) is 0 Å². The van der Waals surface area contributed by atoms with Gasteiger partial charge in [0.05, 0.1) is 17.0 Å². The first-order valence-corrected chi connectivity index (χ1v) is 6.77. The minimum Gasteiger partial charge on any atom is -0.319 e. The monoisotopic (exact) mass is 236 g/mol. The van der Waals surface area contributed by atoms with Crippen LogP contribution < -0.4 is 0 Å². The Kier molecular flexibility index (Phi) is 2.35. The summed E-state index contributed by atoms with van der Waals surface area (Å²) in [6.45, 7) is 3.70. The Bertz CT molecular complexity index is 413. The third-order valence-corrected chi connectivity index (χ3v) is 4.98. The van der Waals surface area contributed by atoms with Crippen LogP contribution in [-0.2, 0) is 4.79 Å². The van der Waals surface area contributed by atoms with Gasteiger partial charge in [-0.3, -0.25) is 9.79 Å². The average Bonchev–Trinajstić information content (AvgIpc) is 2.75. The number of aliphatic imine (C=N–C) groups is 1. The van der Waals surface area contributed by atoms with Gasteiger partial charge in [0.15, 0.2) is 11.0 Å². The molecule has 2 heterocycles. The number of amidine groups is 1. The number of nitrogens with zero attached hydrogens (tertiary/aromatic N) is 2. The number of rotatable bonds is 1. The molecule has 0 bridgehead atoms. The van der Waals surface area contributed by atoms with Crippen molar-refractivity contribution in [1.29, 1.82) is 0 Å². The Hall–Kier alpha value is -0.770. The van der Waals surface area contributed by atoms with E-state index < -0.39 is 0 Å². The van der Waals surface area contributed by atoms with Crippen LogP contribution in [0.1, 0.15) is 39.5 Å². The summed E-state index contributed by atoms with van der Waals surface area (Å²) in [4.78, 5) is 19.5. The van der Waals surface area contributed by atoms with Gasteiger partial charge in [0.1, 0.15) is 0 Å². The van der Waals surface area contributed by atoms with Crippen LogP contribution in [0.4, 0.5) is 0 Å². The number of Topliss-reactive ketones (excluding diaryl/α,β-unsaturated/α-hetero) is 1. The number of hydrogen-bond donors (Lipinski definition) is 0. The molecule has 0 aromatic heterocycles. The van der Waals surface area contributed by atoms with Crippen LogP contribution >= 0.6 is 11.8 Å². The Morgan fingerprint density at radius 3 is 2.94 bits per heavy atom. The number of thioether (sulfide) groups is 1. The van der Waals surface area contributed by atoms with Gasteiger partial charge in [0.2, 0.25) is 0 Å². The molecule has 86 valence electrons. The van der Waals surface area contributed by atoms with Crippen molar-refractivity contribution in [3.8, 4) is 0 Å². The van der Waals surface area contributed by atoms with Crippen molar-refractivity contribution in [1.82, 2.24) is 4.90 Å². The molecule has 0 unspecified atom stereocenters. The molecule has 1 fully saturated rings. The highest BCUT2D eigenvalue weighted by atomic mass is 32.2. The molecule has 0 amide bonds. The van der Waals surface area contributed by atoms with E-state index in [0.717, 1.165) is 15.8 Å². The summed E-state index contributed by atoms with van der Waals surface area (Å²) in [6, 6.07) is 1.02. The maximum atomic E-state index is 11.5. The van der Waals surface area contributed by atoms with Gasteiger partial charge in [-0.15, -0.1) is 0 Å². The molecule has 2 atom stereocenters. The first-order chi connectivity index (χ1) is 7.68. The number of ketones is 1. The second-order valence-corrected chi connectivity index (χ2v) is 5.75. The van der Waals surface area contributed by atoms with Crippen LogP contribution in [0.2, 0.25) is 0 Å². The summed E-state index contributed by atoms with van der Waals surface area (Å²) in [5.41, 5.74) is 1.13. The van der Waals surface area contributed by atoms with Crippen molar-refractivity contribution in [3.05, 3.63) is 10.6 Å². The van der Waals surface area contributed by atoms with Gasteiger partial charge in [0.25, 0.3) is 0 Å². The summed E-state index contributed by atoms with van der Waals surface area (Å²) in [5.74, 6) is 0.173. The second-order valence-electron chi connectivity index (χ2n) is 4.77. The van der Waals surface area contributed by atoms with E-state index in [1.54, 1.807) is 18.7 Å². The zero-order valence-corrected chi connectivity index (χ0v) is 10.5. The molecule has 1 aliphatic carbocycles. The van der Waals surface area contributed by atoms with E-state index >= 15 is 0 Å². The van der Waals surface area contributed by atoms with Crippen LogP contribution in [0, 0.1) is 0 Å². The normalized spacial score (nSPS) is 32.6. The lowest BCUT2D eigenvalue weighted by atomic mass is 9.90. The van der Waals surface area contributed by atoms with E-state index in [1.165, 1.54) is 25.7 Å². The van der Waals surface area contributed by atoms with Crippen molar-refractivity contribution in [3.63, 3.8) is 0 Å². The van der Waals surface area contributed by atoms with Crippen LogP contribution in [0.5, 0.6) is 0 Å². The summed E-state index contributed by atoms with van der Waals surface area (Å²) >= 11 is 1.57. The van der Waals surface area contributed by atoms with Crippen LogP contribution in [-0.4, -0.2) is 27.9 Å². The first kappa shape index (κ1) is 10.4. The fraction of sp³-hybridized carbons (Fsp3) is 0.667. The number of hydrogen-bond acceptors (Lipinski definition) is 4. The van der Waals surface area contributed by atoms with Gasteiger partial charge in [-0.2, -0.15) is 0 Å². The molecule has 0 spiro atoms. The molecular formula is C12H16N2OS. The van der Waals surface area contributed by atoms with Crippen molar-refractivity contribution < 1.29 is 4.79 Å². The molecule has 0 aromatic carbocycles. The SMILES string of the molecule is CC(=O)C1=C(C)N2C(=N[C@H]3CCCC[C@@H]32)S1. The number of carbonyl (C=O) groups is 1. The Morgan fingerprint density at radius 2 is 2.19 bits per heavy atom. The molecule has 3 rings (SSSR count). The van der Waals surface area contributed by atoms with Crippen molar-refractivity contribution in [2.75, 3.05) is 0 Å². The predicted molar refractivity (Wildman–Crippen MR) is 66.3 cm³/mol. The third-order valence-electron chi connectivity index (χ3n) is 3.71. The molecule has 0 N–H and O–H groups in total. The van der Waals surface area contributed by atoms with Crippen molar-refractivity contribution >= 4 is 22.7 Å². The molecule has 0 aromatic rings. The van der Waals surface area contributed by atoms with Gasteiger partial charge in [-0.1, -0.05) is 12.8 Å². The molecule has 1 saturated carbocycles. The maximum Gasteiger partial charge on any atom is 0.169 e.